The van der Waals surface area contributed by atoms with Crippen LogP contribution in [-0.4, -0.2) is 72.9 Å². The van der Waals surface area contributed by atoms with E-state index in [1.165, 1.54) is 19.3 Å². The molecular formula is C13H27N3O. The van der Waals surface area contributed by atoms with E-state index in [9.17, 15) is 5.11 Å². The lowest BCUT2D eigenvalue weighted by Crippen LogP contribution is -2.48. The van der Waals surface area contributed by atoms with Crippen molar-refractivity contribution in [1.29, 1.82) is 0 Å². The molecule has 1 unspecified atom stereocenters. The molecule has 1 heterocycles. The summed E-state index contributed by atoms with van der Waals surface area (Å²) in [6.07, 6.45) is 3.68. The molecule has 1 atom stereocenters. The third-order valence-corrected chi connectivity index (χ3v) is 3.70. The molecule has 0 aromatic rings. The summed E-state index contributed by atoms with van der Waals surface area (Å²) in [6, 6.07) is 0.771. The van der Waals surface area contributed by atoms with E-state index in [1.807, 2.05) is 0 Å². The normalized spacial score (nSPS) is 24.2. The third-order valence-electron chi connectivity index (χ3n) is 3.70. The van der Waals surface area contributed by atoms with Crippen LogP contribution < -0.4 is 5.32 Å². The van der Waals surface area contributed by atoms with Gasteiger partial charge in [0.25, 0.3) is 0 Å². The Morgan fingerprint density at radius 2 is 2.06 bits per heavy atom. The molecular weight excluding hydrogens is 214 g/mol. The molecule has 17 heavy (non-hydrogen) atoms. The first-order chi connectivity index (χ1) is 8.29. The van der Waals surface area contributed by atoms with Crippen molar-refractivity contribution in [3.05, 3.63) is 0 Å². The van der Waals surface area contributed by atoms with Crippen LogP contribution in [-0.2, 0) is 0 Å². The maximum atomic E-state index is 10.2. The molecule has 1 saturated carbocycles. The molecule has 0 amide bonds. The number of piperazine rings is 1. The Labute approximate surface area is 105 Å². The zero-order valence-corrected chi connectivity index (χ0v) is 11.1. The van der Waals surface area contributed by atoms with Gasteiger partial charge in [-0.1, -0.05) is 6.92 Å². The Morgan fingerprint density at radius 1 is 1.35 bits per heavy atom. The number of hydrogen-bond donors (Lipinski definition) is 2. The lowest BCUT2D eigenvalue weighted by Gasteiger charge is -2.31. The van der Waals surface area contributed by atoms with Gasteiger partial charge in [0, 0.05) is 45.3 Å². The Balaban J connectivity index is 1.68. The summed E-state index contributed by atoms with van der Waals surface area (Å²) < 4.78 is 0. The average molecular weight is 241 g/mol. The van der Waals surface area contributed by atoms with Gasteiger partial charge in [0.05, 0.1) is 6.10 Å². The number of nitrogens with one attached hydrogen (secondary N) is 1. The SMILES string of the molecule is CCCN(CC(O)CN1CCNCC1)C1CC1. The van der Waals surface area contributed by atoms with E-state index < -0.39 is 0 Å². The summed E-state index contributed by atoms with van der Waals surface area (Å²) in [5, 5.41) is 13.5. The molecule has 2 fully saturated rings. The molecule has 1 aliphatic carbocycles. The Morgan fingerprint density at radius 3 is 2.65 bits per heavy atom. The van der Waals surface area contributed by atoms with Crippen LogP contribution >= 0.6 is 0 Å². The molecule has 0 bridgehead atoms. The van der Waals surface area contributed by atoms with Crippen molar-refractivity contribution in [2.24, 2.45) is 0 Å². The van der Waals surface area contributed by atoms with Crippen LogP contribution in [0.3, 0.4) is 0 Å². The zero-order valence-electron chi connectivity index (χ0n) is 11.1. The van der Waals surface area contributed by atoms with Crippen LogP contribution in [0.25, 0.3) is 0 Å². The van der Waals surface area contributed by atoms with Gasteiger partial charge in [0.2, 0.25) is 0 Å². The highest BCUT2D eigenvalue weighted by Crippen LogP contribution is 2.26. The van der Waals surface area contributed by atoms with E-state index in [2.05, 4.69) is 22.0 Å². The van der Waals surface area contributed by atoms with E-state index in [0.29, 0.717) is 0 Å². The molecule has 1 aliphatic heterocycles. The van der Waals surface area contributed by atoms with Crippen molar-refractivity contribution in [1.82, 2.24) is 15.1 Å². The first kappa shape index (κ1) is 13.3. The number of β-amino-alcohol motifs (C(OH)–C–C–N with tert-alkyl or cyclic N) is 1. The summed E-state index contributed by atoms with van der Waals surface area (Å²) >= 11 is 0. The fraction of sp³-hybridized carbons (Fsp3) is 1.00. The van der Waals surface area contributed by atoms with Gasteiger partial charge in [-0.3, -0.25) is 9.80 Å². The minimum atomic E-state index is -0.180. The second-order valence-electron chi connectivity index (χ2n) is 5.43. The molecule has 2 N–H and O–H groups in total. The summed E-state index contributed by atoms with van der Waals surface area (Å²) in [4.78, 5) is 4.85. The molecule has 100 valence electrons. The fourth-order valence-corrected chi connectivity index (χ4v) is 2.67. The van der Waals surface area contributed by atoms with Crippen molar-refractivity contribution in [3.8, 4) is 0 Å². The second kappa shape index (κ2) is 6.69. The molecule has 0 aromatic carbocycles. The average Bonchev–Trinajstić information content (AvgIpc) is 3.13. The second-order valence-corrected chi connectivity index (χ2v) is 5.43. The topological polar surface area (TPSA) is 38.7 Å². The lowest BCUT2D eigenvalue weighted by atomic mass is 10.2. The van der Waals surface area contributed by atoms with Crippen molar-refractivity contribution >= 4 is 0 Å². The highest BCUT2D eigenvalue weighted by Gasteiger charge is 2.29. The first-order valence-electron chi connectivity index (χ1n) is 7.14. The van der Waals surface area contributed by atoms with Crippen molar-refractivity contribution in [2.75, 3.05) is 45.8 Å². The van der Waals surface area contributed by atoms with E-state index >= 15 is 0 Å². The van der Waals surface area contributed by atoms with Gasteiger partial charge in [-0.15, -0.1) is 0 Å². The maximum absolute atomic E-state index is 10.2. The Hall–Kier alpha value is -0.160. The van der Waals surface area contributed by atoms with Gasteiger partial charge >= 0.3 is 0 Å². The number of rotatable bonds is 7. The fourth-order valence-electron chi connectivity index (χ4n) is 2.67. The minimum absolute atomic E-state index is 0.180. The molecule has 0 radical (unpaired) electrons. The molecule has 1 saturated heterocycles. The van der Waals surface area contributed by atoms with Crippen LogP contribution in [0.1, 0.15) is 26.2 Å². The molecule has 0 spiro atoms. The van der Waals surface area contributed by atoms with E-state index in [0.717, 1.165) is 51.9 Å². The van der Waals surface area contributed by atoms with Crippen LogP contribution in [0.5, 0.6) is 0 Å². The van der Waals surface area contributed by atoms with Gasteiger partial charge < -0.3 is 10.4 Å². The zero-order chi connectivity index (χ0) is 12.1. The predicted octanol–water partition coefficient (Wildman–Crippen LogP) is 0.127. The molecule has 4 nitrogen and oxygen atoms in total. The van der Waals surface area contributed by atoms with Crippen LogP contribution in [0.15, 0.2) is 0 Å². The number of aliphatic hydroxyl groups is 1. The first-order valence-corrected chi connectivity index (χ1v) is 7.14. The van der Waals surface area contributed by atoms with Crippen LogP contribution in [0, 0.1) is 0 Å². The van der Waals surface area contributed by atoms with Crippen molar-refractivity contribution in [2.45, 2.75) is 38.3 Å². The quantitative estimate of drug-likeness (QED) is 0.664. The van der Waals surface area contributed by atoms with Crippen molar-refractivity contribution < 1.29 is 5.11 Å². The largest absolute Gasteiger partial charge is 0.390 e. The number of hydrogen-bond acceptors (Lipinski definition) is 4. The minimum Gasteiger partial charge on any atom is -0.390 e. The van der Waals surface area contributed by atoms with Gasteiger partial charge in [0.15, 0.2) is 0 Å². The van der Waals surface area contributed by atoms with Gasteiger partial charge in [0.1, 0.15) is 0 Å². The maximum Gasteiger partial charge on any atom is 0.0793 e. The van der Waals surface area contributed by atoms with Crippen LogP contribution in [0.2, 0.25) is 0 Å². The standard InChI is InChI=1S/C13H27N3O/c1-2-7-16(12-3-4-12)11-13(17)10-15-8-5-14-6-9-15/h12-14,17H,2-11H2,1H3. The molecule has 0 aromatic heterocycles. The van der Waals surface area contributed by atoms with Gasteiger partial charge in [-0.2, -0.15) is 0 Å². The number of nitrogens with zero attached hydrogens (tertiary/aromatic N) is 2. The third kappa shape index (κ3) is 4.54. The highest BCUT2D eigenvalue weighted by molar-refractivity contribution is 4.86. The monoisotopic (exact) mass is 241 g/mol. The molecule has 2 rings (SSSR count). The summed E-state index contributed by atoms with van der Waals surface area (Å²) in [7, 11) is 0. The predicted molar refractivity (Wildman–Crippen MR) is 70.2 cm³/mol. The summed E-state index contributed by atoms with van der Waals surface area (Å²) in [6.45, 7) is 9.35. The van der Waals surface area contributed by atoms with Gasteiger partial charge in [-0.05, 0) is 25.8 Å². The van der Waals surface area contributed by atoms with Gasteiger partial charge in [-0.25, -0.2) is 0 Å². The summed E-state index contributed by atoms with van der Waals surface area (Å²) in [5.74, 6) is 0. The molecule has 4 heteroatoms. The highest BCUT2D eigenvalue weighted by atomic mass is 16.3. The number of aliphatic hydroxyl groups excluding tert-OH is 1. The van der Waals surface area contributed by atoms with Crippen molar-refractivity contribution in [3.63, 3.8) is 0 Å². The van der Waals surface area contributed by atoms with E-state index in [-0.39, 0.29) is 6.10 Å². The lowest BCUT2D eigenvalue weighted by molar-refractivity contribution is 0.0667. The van der Waals surface area contributed by atoms with E-state index in [1.54, 1.807) is 0 Å². The summed E-state index contributed by atoms with van der Waals surface area (Å²) in [5.41, 5.74) is 0. The Kier molecular flexibility index (Phi) is 5.22. The van der Waals surface area contributed by atoms with Crippen LogP contribution in [0.4, 0.5) is 0 Å². The van der Waals surface area contributed by atoms with E-state index in [4.69, 9.17) is 0 Å². The molecule has 2 aliphatic rings. The smallest absolute Gasteiger partial charge is 0.0793 e. The Bertz CT molecular complexity index is 215.